The quantitative estimate of drug-likeness (QED) is 0.376. The lowest BCUT2D eigenvalue weighted by atomic mass is 10.1. The number of hydrogen-bond donors (Lipinski definition) is 1. The smallest absolute Gasteiger partial charge is 0.330 e. The number of aromatic amines is 1. The van der Waals surface area contributed by atoms with E-state index in [4.69, 9.17) is 16.3 Å². The highest BCUT2D eigenvalue weighted by Gasteiger charge is 2.05. The van der Waals surface area contributed by atoms with Gasteiger partial charge in [0.15, 0.2) is 0 Å². The van der Waals surface area contributed by atoms with Gasteiger partial charge in [-0.2, -0.15) is 0 Å². The van der Waals surface area contributed by atoms with E-state index in [-0.39, 0.29) is 5.82 Å². The lowest BCUT2D eigenvalue weighted by molar-refractivity contribution is -0.137. The maximum Gasteiger partial charge on any atom is 0.330 e. The third-order valence-corrected chi connectivity index (χ3v) is 4.08. The summed E-state index contributed by atoms with van der Waals surface area (Å²) >= 11 is 6.03. The van der Waals surface area contributed by atoms with Gasteiger partial charge in [-0.05, 0) is 60.4 Å². The van der Waals surface area contributed by atoms with Gasteiger partial charge in [0.05, 0.1) is 6.61 Å². The average Bonchev–Trinajstić information content (AvgIpc) is 3.00. The van der Waals surface area contributed by atoms with E-state index in [2.05, 4.69) is 4.98 Å². The summed E-state index contributed by atoms with van der Waals surface area (Å²) in [6.07, 6.45) is 6.41. The Bertz CT molecular complexity index is 900. The number of carbonyl (C=O) groups excluding carboxylic acids is 1. The summed E-state index contributed by atoms with van der Waals surface area (Å²) in [7, 11) is 0. The van der Waals surface area contributed by atoms with Crippen LogP contribution in [0.3, 0.4) is 0 Å². The van der Waals surface area contributed by atoms with Gasteiger partial charge in [0.2, 0.25) is 0 Å². The first kappa shape index (κ1) is 17.2. The molecule has 0 atom stereocenters. The fourth-order valence-electron chi connectivity index (χ4n) is 2.58. The predicted octanol–water partition coefficient (Wildman–Crippen LogP) is 5.15. The average molecular weight is 358 g/mol. The van der Waals surface area contributed by atoms with E-state index in [0.717, 1.165) is 34.9 Å². The van der Waals surface area contributed by atoms with Crippen molar-refractivity contribution in [1.29, 1.82) is 0 Å². The Morgan fingerprint density at radius 3 is 2.80 bits per heavy atom. The van der Waals surface area contributed by atoms with Crippen LogP contribution in [0.4, 0.5) is 4.39 Å². The first-order chi connectivity index (χ1) is 12.1. The van der Waals surface area contributed by atoms with E-state index in [0.29, 0.717) is 11.6 Å². The molecule has 1 aromatic heterocycles. The van der Waals surface area contributed by atoms with Crippen LogP contribution in [0, 0.1) is 5.82 Å². The minimum absolute atomic E-state index is 0.307. The zero-order valence-electron chi connectivity index (χ0n) is 13.5. The van der Waals surface area contributed by atoms with Crippen molar-refractivity contribution in [3.8, 4) is 0 Å². The third kappa shape index (κ3) is 4.70. The number of ether oxygens (including phenoxy) is 1. The van der Waals surface area contributed by atoms with Crippen molar-refractivity contribution in [3.63, 3.8) is 0 Å². The van der Waals surface area contributed by atoms with E-state index in [9.17, 15) is 9.18 Å². The van der Waals surface area contributed by atoms with Gasteiger partial charge >= 0.3 is 5.97 Å². The summed E-state index contributed by atoms with van der Waals surface area (Å²) in [5.74, 6) is -0.718. The van der Waals surface area contributed by atoms with Crippen molar-refractivity contribution in [3.05, 3.63) is 76.7 Å². The second kappa shape index (κ2) is 7.99. The largest absolute Gasteiger partial charge is 0.463 e. The minimum atomic E-state index is -0.411. The Kier molecular flexibility index (Phi) is 5.51. The Hall–Kier alpha value is -2.59. The number of aromatic nitrogens is 1. The van der Waals surface area contributed by atoms with Gasteiger partial charge in [0, 0.05) is 28.2 Å². The molecule has 1 N–H and O–H groups in total. The molecule has 0 unspecified atom stereocenters. The molecule has 25 heavy (non-hydrogen) atoms. The summed E-state index contributed by atoms with van der Waals surface area (Å²) in [6.45, 7) is 0.333. The lowest BCUT2D eigenvalue weighted by Gasteiger charge is -2.02. The van der Waals surface area contributed by atoms with Crippen LogP contribution in [-0.4, -0.2) is 17.6 Å². The molecule has 0 aliphatic heterocycles. The zero-order chi connectivity index (χ0) is 17.6. The van der Waals surface area contributed by atoms with Crippen LogP contribution in [0.15, 0.2) is 54.7 Å². The molecule has 0 saturated heterocycles. The Balaban J connectivity index is 1.46. The van der Waals surface area contributed by atoms with Gasteiger partial charge in [0.25, 0.3) is 0 Å². The van der Waals surface area contributed by atoms with Crippen molar-refractivity contribution in [2.75, 3.05) is 6.61 Å². The van der Waals surface area contributed by atoms with Gasteiger partial charge in [-0.15, -0.1) is 0 Å². The van der Waals surface area contributed by atoms with Gasteiger partial charge in [-0.3, -0.25) is 0 Å². The molecule has 0 fully saturated rings. The fraction of sp³-hybridized carbons (Fsp3) is 0.150. The van der Waals surface area contributed by atoms with Crippen LogP contribution in [0.2, 0.25) is 5.02 Å². The van der Waals surface area contributed by atoms with Crippen LogP contribution in [-0.2, 0) is 16.0 Å². The second-order valence-electron chi connectivity index (χ2n) is 5.66. The van der Waals surface area contributed by atoms with Gasteiger partial charge in [0.1, 0.15) is 5.82 Å². The van der Waals surface area contributed by atoms with E-state index in [1.54, 1.807) is 18.2 Å². The minimum Gasteiger partial charge on any atom is -0.463 e. The number of rotatable bonds is 6. The highest BCUT2D eigenvalue weighted by molar-refractivity contribution is 6.31. The molecule has 0 spiro atoms. The molecule has 3 nitrogen and oxygen atoms in total. The molecule has 3 rings (SSSR count). The summed E-state index contributed by atoms with van der Waals surface area (Å²) in [6, 6.07) is 11.6. The zero-order valence-corrected chi connectivity index (χ0v) is 14.2. The van der Waals surface area contributed by atoms with Gasteiger partial charge in [-0.1, -0.05) is 23.7 Å². The number of benzene rings is 2. The Morgan fingerprint density at radius 2 is 2.00 bits per heavy atom. The topological polar surface area (TPSA) is 42.1 Å². The number of aryl methyl sites for hydroxylation is 1. The summed E-state index contributed by atoms with van der Waals surface area (Å²) < 4.78 is 18.0. The number of halogens is 2. The number of fused-ring (bicyclic) bond motifs is 1. The van der Waals surface area contributed by atoms with Crippen molar-refractivity contribution in [1.82, 2.24) is 4.98 Å². The molecule has 128 valence electrons. The van der Waals surface area contributed by atoms with Gasteiger partial charge < -0.3 is 9.72 Å². The summed E-state index contributed by atoms with van der Waals surface area (Å²) in [5.41, 5.74) is 2.93. The van der Waals surface area contributed by atoms with Crippen LogP contribution >= 0.6 is 11.6 Å². The molecule has 0 aliphatic carbocycles. The molecule has 0 bridgehead atoms. The Morgan fingerprint density at radius 1 is 1.20 bits per heavy atom. The molecule has 0 radical (unpaired) electrons. The molecule has 3 aromatic rings. The maximum absolute atomic E-state index is 12.8. The van der Waals surface area contributed by atoms with Gasteiger partial charge in [-0.25, -0.2) is 9.18 Å². The van der Waals surface area contributed by atoms with Crippen LogP contribution in [0.1, 0.15) is 17.5 Å². The van der Waals surface area contributed by atoms with Crippen LogP contribution in [0.25, 0.3) is 17.0 Å². The van der Waals surface area contributed by atoms with E-state index < -0.39 is 5.97 Å². The molecule has 2 aromatic carbocycles. The highest BCUT2D eigenvalue weighted by Crippen LogP contribution is 2.23. The number of H-pyrrole nitrogens is 1. The highest BCUT2D eigenvalue weighted by atomic mass is 35.5. The number of esters is 1. The fourth-order valence-corrected chi connectivity index (χ4v) is 2.75. The third-order valence-electron chi connectivity index (χ3n) is 3.85. The van der Waals surface area contributed by atoms with Crippen LogP contribution in [0.5, 0.6) is 0 Å². The standard InChI is InChI=1S/C20H17ClFNO2/c21-16-6-9-19-18(12-16)15(13-23-19)2-1-11-25-20(24)10-5-14-3-7-17(22)8-4-14/h3-10,12-13,23H,1-2,11H2/b10-5+. The maximum atomic E-state index is 12.8. The molecule has 0 aliphatic rings. The number of hydrogen-bond acceptors (Lipinski definition) is 2. The van der Waals surface area contributed by atoms with Crippen molar-refractivity contribution in [2.24, 2.45) is 0 Å². The monoisotopic (exact) mass is 357 g/mol. The lowest BCUT2D eigenvalue weighted by Crippen LogP contribution is -2.03. The molecule has 5 heteroatoms. The SMILES string of the molecule is O=C(/C=C/c1ccc(F)cc1)OCCCc1c[nH]c2ccc(Cl)cc12. The molecule has 0 saturated carbocycles. The molecular weight excluding hydrogens is 341 g/mol. The van der Waals surface area contributed by atoms with Crippen molar-refractivity contribution >= 4 is 34.5 Å². The van der Waals surface area contributed by atoms with E-state index >= 15 is 0 Å². The van der Waals surface area contributed by atoms with Crippen molar-refractivity contribution in [2.45, 2.75) is 12.8 Å². The number of nitrogens with one attached hydrogen (secondary N) is 1. The second-order valence-corrected chi connectivity index (χ2v) is 6.10. The summed E-state index contributed by atoms with van der Waals surface area (Å²) in [4.78, 5) is 14.9. The first-order valence-electron chi connectivity index (χ1n) is 7.98. The normalized spacial score (nSPS) is 11.3. The Labute approximate surface area is 150 Å². The van der Waals surface area contributed by atoms with Crippen molar-refractivity contribution < 1.29 is 13.9 Å². The van der Waals surface area contributed by atoms with Crippen LogP contribution < -0.4 is 0 Å². The first-order valence-corrected chi connectivity index (χ1v) is 8.35. The molecule has 0 amide bonds. The summed E-state index contributed by atoms with van der Waals surface area (Å²) in [5, 5.41) is 1.79. The molecular formula is C20H17ClFNO2. The van der Waals surface area contributed by atoms with E-state index in [1.165, 1.54) is 18.2 Å². The molecule has 1 heterocycles. The van der Waals surface area contributed by atoms with E-state index in [1.807, 2.05) is 24.4 Å². The predicted molar refractivity (Wildman–Crippen MR) is 98.0 cm³/mol. The number of carbonyl (C=O) groups is 1.